The minimum absolute atomic E-state index is 0. The molecular formula is C18H14N2Na2O4S. The normalized spacial score (nSPS) is 11.2. The van der Waals surface area contributed by atoms with Gasteiger partial charge in [0.2, 0.25) is 0 Å². The van der Waals surface area contributed by atoms with Crippen LogP contribution in [0.5, 0.6) is 5.75 Å². The van der Waals surface area contributed by atoms with E-state index in [0.717, 1.165) is 17.2 Å². The standard InChI is InChI=1S/C18H15N2O4S.2Na/c1-11-7-8-15(12(2)9-11)19-20-16-10-17(25(22,23)24)13-5-3-4-6-14(13)18(16)21;;/h3-6,8-10,21H,1-2H3,(H,22,23,24);;/q-1;2*+1/p-1. The Morgan fingerprint density at radius 3 is 2.19 bits per heavy atom. The molecule has 3 aromatic carbocycles. The Hall–Kier alpha value is -0.770. The van der Waals surface area contributed by atoms with Gasteiger partial charge in [-0.3, -0.25) is 0 Å². The molecule has 1 N–H and O–H groups in total. The van der Waals surface area contributed by atoms with Gasteiger partial charge >= 0.3 is 59.1 Å². The van der Waals surface area contributed by atoms with E-state index in [1.807, 2.05) is 19.9 Å². The number of phenolic OH excluding ortho intramolecular Hbond substituents is 1. The third kappa shape index (κ3) is 5.40. The van der Waals surface area contributed by atoms with E-state index in [0.29, 0.717) is 5.69 Å². The van der Waals surface area contributed by atoms with Crippen LogP contribution in [0.15, 0.2) is 57.6 Å². The summed E-state index contributed by atoms with van der Waals surface area (Å²) in [6.07, 6.45) is 0. The first-order valence-electron chi connectivity index (χ1n) is 7.38. The van der Waals surface area contributed by atoms with Crippen LogP contribution in [0.3, 0.4) is 0 Å². The molecule has 0 aromatic heterocycles. The fourth-order valence-electron chi connectivity index (χ4n) is 2.55. The Balaban J connectivity index is 0.00000182. The maximum atomic E-state index is 11.6. The molecule has 0 fully saturated rings. The molecule has 0 unspecified atom stereocenters. The van der Waals surface area contributed by atoms with Crippen LogP contribution in [-0.4, -0.2) is 18.1 Å². The summed E-state index contributed by atoms with van der Waals surface area (Å²) in [6, 6.07) is 13.8. The van der Waals surface area contributed by atoms with Gasteiger partial charge in [-0.1, -0.05) is 38.1 Å². The van der Waals surface area contributed by atoms with Gasteiger partial charge in [0.25, 0.3) is 0 Å². The molecule has 128 valence electrons. The van der Waals surface area contributed by atoms with Gasteiger partial charge in [0.15, 0.2) is 5.75 Å². The van der Waals surface area contributed by atoms with Crippen molar-refractivity contribution in [3.63, 3.8) is 0 Å². The average molecular weight is 400 g/mol. The Bertz CT molecular complexity index is 1120. The number of fused-ring (bicyclic) bond motifs is 1. The summed E-state index contributed by atoms with van der Waals surface area (Å²) in [6.45, 7) is 3.75. The molecule has 0 spiro atoms. The first kappa shape index (κ1) is 24.3. The molecule has 3 aromatic rings. The molecular weight excluding hydrogens is 386 g/mol. The van der Waals surface area contributed by atoms with Crippen molar-refractivity contribution in [1.29, 1.82) is 0 Å². The number of hydrogen-bond donors (Lipinski definition) is 1. The molecule has 0 amide bonds. The summed E-state index contributed by atoms with van der Waals surface area (Å²) in [5.41, 5.74) is 2.25. The Kier molecular flexibility index (Phi) is 8.65. The Labute approximate surface area is 202 Å². The smallest absolute Gasteiger partial charge is 0.744 e. The van der Waals surface area contributed by atoms with Crippen LogP contribution in [0.4, 0.5) is 11.4 Å². The van der Waals surface area contributed by atoms with E-state index < -0.39 is 15.0 Å². The third-order valence-corrected chi connectivity index (χ3v) is 4.64. The second-order valence-electron chi connectivity index (χ2n) is 5.63. The SMILES string of the molecule is Cc1[c-]cc(N=Nc2cc(S(=O)(=O)[O-])c3ccccc3c2O)c(C)c1.[Na+].[Na+]. The molecule has 0 saturated heterocycles. The van der Waals surface area contributed by atoms with Crippen molar-refractivity contribution in [2.24, 2.45) is 10.2 Å². The second kappa shape index (κ2) is 9.62. The molecule has 9 heteroatoms. The van der Waals surface area contributed by atoms with Crippen LogP contribution in [0.1, 0.15) is 11.1 Å². The number of rotatable bonds is 3. The van der Waals surface area contributed by atoms with Gasteiger partial charge in [-0.2, -0.15) is 22.8 Å². The molecule has 0 atom stereocenters. The number of hydrogen-bond acceptors (Lipinski definition) is 6. The molecule has 0 aliphatic heterocycles. The summed E-state index contributed by atoms with van der Waals surface area (Å²) >= 11 is 0. The zero-order chi connectivity index (χ0) is 18.2. The van der Waals surface area contributed by atoms with Crippen molar-refractivity contribution in [2.75, 3.05) is 0 Å². The van der Waals surface area contributed by atoms with Crippen LogP contribution < -0.4 is 59.1 Å². The quantitative estimate of drug-likeness (QED) is 0.245. The van der Waals surface area contributed by atoms with Crippen LogP contribution in [0.2, 0.25) is 0 Å². The van der Waals surface area contributed by atoms with Crippen molar-refractivity contribution >= 4 is 32.3 Å². The monoisotopic (exact) mass is 400 g/mol. The Morgan fingerprint density at radius 1 is 1.00 bits per heavy atom. The van der Waals surface area contributed by atoms with E-state index in [9.17, 15) is 18.1 Å². The summed E-state index contributed by atoms with van der Waals surface area (Å²) in [7, 11) is -4.73. The van der Waals surface area contributed by atoms with Gasteiger partial charge in [-0.15, -0.1) is 11.6 Å². The zero-order valence-corrected chi connectivity index (χ0v) is 20.3. The van der Waals surface area contributed by atoms with E-state index in [1.54, 1.807) is 18.2 Å². The molecule has 0 heterocycles. The molecule has 0 aliphatic rings. The van der Waals surface area contributed by atoms with Crippen LogP contribution in [0, 0.1) is 19.9 Å². The molecule has 0 saturated carbocycles. The van der Waals surface area contributed by atoms with Crippen LogP contribution in [0.25, 0.3) is 10.8 Å². The number of aromatic hydroxyl groups is 1. The number of azo groups is 1. The van der Waals surface area contributed by atoms with E-state index in [2.05, 4.69) is 16.3 Å². The van der Waals surface area contributed by atoms with Gasteiger partial charge in [0.1, 0.15) is 15.8 Å². The van der Waals surface area contributed by atoms with E-state index >= 15 is 0 Å². The summed E-state index contributed by atoms with van der Waals surface area (Å²) < 4.78 is 34.7. The van der Waals surface area contributed by atoms with Gasteiger partial charge in [-0.25, -0.2) is 13.5 Å². The second-order valence-corrected chi connectivity index (χ2v) is 6.97. The van der Waals surface area contributed by atoms with Crippen molar-refractivity contribution in [3.8, 4) is 5.75 Å². The van der Waals surface area contributed by atoms with Crippen molar-refractivity contribution < 1.29 is 77.2 Å². The predicted molar refractivity (Wildman–Crippen MR) is 92.5 cm³/mol. The van der Waals surface area contributed by atoms with Crippen LogP contribution >= 0.6 is 0 Å². The molecule has 0 aliphatic carbocycles. The zero-order valence-electron chi connectivity index (χ0n) is 15.5. The van der Waals surface area contributed by atoms with Gasteiger partial charge in [0, 0.05) is 10.8 Å². The maximum absolute atomic E-state index is 11.6. The third-order valence-electron chi connectivity index (χ3n) is 3.77. The minimum Gasteiger partial charge on any atom is -0.744 e. The van der Waals surface area contributed by atoms with Gasteiger partial charge in [0.05, 0.1) is 4.90 Å². The summed E-state index contributed by atoms with van der Waals surface area (Å²) in [5.74, 6) is -0.236. The summed E-state index contributed by atoms with van der Waals surface area (Å²) in [5, 5.41) is 18.7. The molecule has 6 nitrogen and oxygen atoms in total. The minimum atomic E-state index is -4.73. The molecule has 27 heavy (non-hydrogen) atoms. The fourth-order valence-corrected chi connectivity index (χ4v) is 3.25. The molecule has 0 radical (unpaired) electrons. The number of benzene rings is 3. The van der Waals surface area contributed by atoms with Crippen molar-refractivity contribution in [1.82, 2.24) is 0 Å². The first-order valence-corrected chi connectivity index (χ1v) is 8.79. The van der Waals surface area contributed by atoms with E-state index in [4.69, 9.17) is 0 Å². The molecule has 3 rings (SSSR count). The Morgan fingerprint density at radius 2 is 1.59 bits per heavy atom. The number of nitrogens with zero attached hydrogens (tertiary/aromatic N) is 2. The van der Waals surface area contributed by atoms with Gasteiger partial charge < -0.3 is 9.66 Å². The first-order chi connectivity index (χ1) is 11.8. The van der Waals surface area contributed by atoms with Gasteiger partial charge in [-0.05, 0) is 11.8 Å². The van der Waals surface area contributed by atoms with Crippen LogP contribution in [-0.2, 0) is 10.1 Å². The number of phenols is 1. The summed E-state index contributed by atoms with van der Waals surface area (Å²) in [4.78, 5) is -0.443. The maximum Gasteiger partial charge on any atom is 1.00 e. The molecule has 0 bridgehead atoms. The van der Waals surface area contributed by atoms with E-state index in [-0.39, 0.29) is 81.3 Å². The largest absolute Gasteiger partial charge is 1.00 e. The van der Waals surface area contributed by atoms with Crippen molar-refractivity contribution in [3.05, 3.63) is 59.7 Å². The average Bonchev–Trinajstić information content (AvgIpc) is 2.54. The van der Waals surface area contributed by atoms with E-state index in [1.165, 1.54) is 12.1 Å². The fraction of sp³-hybridized carbons (Fsp3) is 0.111. The topological polar surface area (TPSA) is 102 Å². The predicted octanol–water partition coefficient (Wildman–Crippen LogP) is -1.71. The van der Waals surface area contributed by atoms with Crippen molar-refractivity contribution in [2.45, 2.75) is 18.7 Å². The number of aryl methyl sites for hydroxylation is 2.